The molecule has 0 atom stereocenters. The second kappa shape index (κ2) is 11.0. The summed E-state index contributed by atoms with van der Waals surface area (Å²) < 4.78 is 9.68. The lowest BCUT2D eigenvalue weighted by atomic mass is 10.0. The van der Waals surface area contributed by atoms with Crippen molar-refractivity contribution >= 4 is 17.6 Å². The van der Waals surface area contributed by atoms with Crippen LogP contribution in [0.15, 0.2) is 60.7 Å². The predicted octanol–water partition coefficient (Wildman–Crippen LogP) is 3.95. The number of carbonyl (C=O) groups excluding carboxylic acids is 2. The fourth-order valence-corrected chi connectivity index (χ4v) is 2.98. The van der Waals surface area contributed by atoms with Gasteiger partial charge in [-0.1, -0.05) is 29.6 Å². The van der Waals surface area contributed by atoms with Gasteiger partial charge in [0.15, 0.2) is 0 Å². The van der Waals surface area contributed by atoms with Crippen molar-refractivity contribution in [1.29, 1.82) is 0 Å². The van der Waals surface area contributed by atoms with Gasteiger partial charge in [-0.3, -0.25) is 10.1 Å². The maximum atomic E-state index is 12.4. The third-order valence-electron chi connectivity index (χ3n) is 4.78. The Balaban J connectivity index is 1.98. The lowest BCUT2D eigenvalue weighted by Gasteiger charge is -2.04. The molecule has 0 aliphatic heterocycles. The molecule has 0 amide bonds. The van der Waals surface area contributed by atoms with Gasteiger partial charge in [0.2, 0.25) is 0 Å². The van der Waals surface area contributed by atoms with Crippen LogP contribution in [-0.2, 0) is 9.47 Å². The molecule has 0 aliphatic rings. The van der Waals surface area contributed by atoms with Crippen molar-refractivity contribution in [2.24, 2.45) is 0 Å². The van der Waals surface area contributed by atoms with Gasteiger partial charge in [0.1, 0.15) is 0 Å². The van der Waals surface area contributed by atoms with Gasteiger partial charge < -0.3 is 9.47 Å². The monoisotopic (exact) mass is 463 g/mol. The molecule has 0 fully saturated rings. The van der Waals surface area contributed by atoms with E-state index in [1.54, 1.807) is 24.3 Å². The smallest absolute Gasteiger partial charge is 0.339 e. The van der Waals surface area contributed by atoms with Gasteiger partial charge in [-0.2, -0.15) is 0 Å². The van der Waals surface area contributed by atoms with E-state index in [0.717, 1.165) is 0 Å². The van der Waals surface area contributed by atoms with Crippen molar-refractivity contribution in [2.75, 3.05) is 14.2 Å². The maximum absolute atomic E-state index is 12.4. The molecule has 0 aliphatic carbocycles. The van der Waals surface area contributed by atoms with Crippen LogP contribution in [0, 0.1) is 46.1 Å². The summed E-state index contributed by atoms with van der Waals surface area (Å²) in [6.07, 6.45) is 5.41. The Morgan fingerprint density at radius 1 is 0.743 bits per heavy atom. The summed E-state index contributed by atoms with van der Waals surface area (Å²) in [4.78, 5) is 34.8. The molecule has 0 saturated heterocycles. The number of non-ortho nitro benzene ring substituents is 1. The number of rotatable bonds is 3. The van der Waals surface area contributed by atoms with Crippen LogP contribution in [0.2, 0.25) is 0 Å². The molecule has 0 aromatic heterocycles. The Labute approximate surface area is 201 Å². The highest BCUT2D eigenvalue weighted by Crippen LogP contribution is 2.16. The van der Waals surface area contributed by atoms with E-state index in [0.29, 0.717) is 27.8 Å². The number of hydrogen-bond donors (Lipinski definition) is 0. The number of benzene rings is 3. The van der Waals surface area contributed by atoms with Crippen LogP contribution in [-0.4, -0.2) is 31.1 Å². The molecule has 0 spiro atoms. The zero-order valence-corrected chi connectivity index (χ0v) is 18.7. The fourth-order valence-electron chi connectivity index (χ4n) is 2.98. The second-order valence-electron chi connectivity index (χ2n) is 6.95. The number of methoxy groups -OCH3 is 2. The normalized spacial score (nSPS) is 9.40. The summed E-state index contributed by atoms with van der Waals surface area (Å²) in [5.74, 6) is 12.9. The lowest BCUT2D eigenvalue weighted by molar-refractivity contribution is -0.384. The van der Waals surface area contributed by atoms with Crippen LogP contribution >= 0.6 is 0 Å². The summed E-state index contributed by atoms with van der Waals surface area (Å²) in [7, 11) is 2.52. The highest BCUT2D eigenvalue weighted by Gasteiger charge is 2.13. The SMILES string of the molecule is C#Cc1ccc(C#Cc2ccc(C#Cc3ccc([N+](=O)[O-])cc3)c(C(=O)OC)c2)c(C(=O)OC)c1. The van der Waals surface area contributed by atoms with E-state index in [-0.39, 0.29) is 16.8 Å². The van der Waals surface area contributed by atoms with Gasteiger partial charge >= 0.3 is 11.9 Å². The van der Waals surface area contributed by atoms with Crippen molar-refractivity contribution in [3.05, 3.63) is 110 Å². The summed E-state index contributed by atoms with van der Waals surface area (Å²) >= 11 is 0. The van der Waals surface area contributed by atoms with E-state index in [1.807, 2.05) is 0 Å². The predicted molar refractivity (Wildman–Crippen MR) is 129 cm³/mol. The minimum Gasteiger partial charge on any atom is -0.465 e. The van der Waals surface area contributed by atoms with Crippen molar-refractivity contribution in [2.45, 2.75) is 0 Å². The molecule has 0 N–H and O–H groups in total. The lowest BCUT2D eigenvalue weighted by Crippen LogP contribution is -2.05. The number of nitro groups is 1. The van der Waals surface area contributed by atoms with Crippen LogP contribution in [0.4, 0.5) is 5.69 Å². The van der Waals surface area contributed by atoms with Gasteiger partial charge in [0.05, 0.1) is 30.3 Å². The topological polar surface area (TPSA) is 95.7 Å². The number of hydrogen-bond acceptors (Lipinski definition) is 6. The molecule has 0 saturated carbocycles. The number of ether oxygens (including phenoxy) is 2. The Morgan fingerprint density at radius 2 is 1.20 bits per heavy atom. The van der Waals surface area contributed by atoms with Crippen molar-refractivity contribution in [3.8, 4) is 36.0 Å². The molecular weight excluding hydrogens is 446 g/mol. The largest absolute Gasteiger partial charge is 0.465 e. The molecule has 3 aromatic carbocycles. The molecule has 0 radical (unpaired) electrons. The summed E-state index contributed by atoms with van der Waals surface area (Å²) in [5, 5.41) is 10.8. The van der Waals surface area contributed by atoms with E-state index in [2.05, 4.69) is 29.6 Å². The molecule has 0 unspecified atom stereocenters. The average Bonchev–Trinajstić information content (AvgIpc) is 2.90. The van der Waals surface area contributed by atoms with Crippen LogP contribution < -0.4 is 0 Å². The van der Waals surface area contributed by atoms with E-state index in [9.17, 15) is 19.7 Å². The van der Waals surface area contributed by atoms with Crippen LogP contribution in [0.1, 0.15) is 48.5 Å². The van der Waals surface area contributed by atoms with Crippen LogP contribution in [0.25, 0.3) is 0 Å². The van der Waals surface area contributed by atoms with Gasteiger partial charge in [-0.05, 0) is 48.5 Å². The molecule has 170 valence electrons. The quantitative estimate of drug-likeness (QED) is 0.253. The zero-order valence-electron chi connectivity index (χ0n) is 18.7. The highest BCUT2D eigenvalue weighted by molar-refractivity contribution is 5.94. The minimum atomic E-state index is -0.602. The van der Waals surface area contributed by atoms with E-state index in [4.69, 9.17) is 15.9 Å². The first-order valence-electron chi connectivity index (χ1n) is 10.1. The van der Waals surface area contributed by atoms with Gasteiger partial charge in [-0.25, -0.2) is 9.59 Å². The molecule has 3 aromatic rings. The minimum absolute atomic E-state index is 0.0435. The molecular formula is C28H17NO6. The van der Waals surface area contributed by atoms with E-state index >= 15 is 0 Å². The third-order valence-corrected chi connectivity index (χ3v) is 4.78. The number of nitro benzene ring substituents is 1. The van der Waals surface area contributed by atoms with Crippen molar-refractivity contribution in [3.63, 3.8) is 0 Å². The van der Waals surface area contributed by atoms with Gasteiger partial charge in [0.25, 0.3) is 5.69 Å². The number of carbonyl (C=O) groups is 2. The van der Waals surface area contributed by atoms with Crippen molar-refractivity contribution in [1.82, 2.24) is 0 Å². The standard InChI is InChI=1S/C28H17NO6/c1-4-19-5-11-22(25(17-19)27(30)34-2)13-7-21-8-14-23(26(18-21)28(31)35-3)12-6-20-9-15-24(16-10-20)29(32)33/h1,5,8-11,14-18H,2-3H3. The number of terminal acetylenes is 1. The van der Waals surface area contributed by atoms with Crippen molar-refractivity contribution < 1.29 is 24.0 Å². The van der Waals surface area contributed by atoms with E-state index in [1.165, 1.54) is 50.6 Å². The Kier molecular flexibility index (Phi) is 7.65. The molecule has 35 heavy (non-hydrogen) atoms. The highest BCUT2D eigenvalue weighted by atomic mass is 16.6. The summed E-state index contributed by atoms with van der Waals surface area (Å²) in [6, 6.07) is 15.4. The Bertz CT molecular complexity index is 1490. The first-order valence-corrected chi connectivity index (χ1v) is 10.1. The van der Waals surface area contributed by atoms with Gasteiger partial charge in [0, 0.05) is 39.9 Å². The van der Waals surface area contributed by atoms with Gasteiger partial charge in [-0.15, -0.1) is 6.42 Å². The third kappa shape index (κ3) is 5.93. The molecule has 0 heterocycles. The molecule has 0 bridgehead atoms. The first kappa shape index (κ1) is 24.3. The summed E-state index contributed by atoms with van der Waals surface area (Å²) in [6.45, 7) is 0. The second-order valence-corrected chi connectivity index (χ2v) is 6.95. The van der Waals surface area contributed by atoms with Crippen LogP contribution in [0.5, 0.6) is 0 Å². The summed E-state index contributed by atoms with van der Waals surface area (Å²) in [5.41, 5.74) is 2.74. The number of nitrogens with zero attached hydrogens (tertiary/aromatic N) is 1. The van der Waals surface area contributed by atoms with E-state index < -0.39 is 16.9 Å². The maximum Gasteiger partial charge on any atom is 0.339 e. The zero-order chi connectivity index (χ0) is 25.4. The van der Waals surface area contributed by atoms with Crippen LogP contribution in [0.3, 0.4) is 0 Å². The Morgan fingerprint density at radius 3 is 1.69 bits per heavy atom. The average molecular weight is 463 g/mol. The molecule has 3 rings (SSSR count). The molecule has 7 nitrogen and oxygen atoms in total. The number of esters is 2. The fraction of sp³-hybridized carbons (Fsp3) is 0.0714. The molecule has 7 heteroatoms. The Hall–Kier alpha value is -5.32. The first-order chi connectivity index (χ1) is 16.9.